The molecule has 2 rings (SSSR count). The molecule has 0 radical (unpaired) electrons. The smallest absolute Gasteiger partial charge is 0.330 e. The molecule has 124 valence electrons. The number of alkyl halides is 3. The molecule has 4 N–H and O–H groups in total. The third kappa shape index (κ3) is 4.34. The Morgan fingerprint density at radius 3 is 2.22 bits per heavy atom. The van der Waals surface area contributed by atoms with Crippen LogP contribution >= 0.6 is 15.9 Å². The number of nitrogens with two attached hydrogens (primary N) is 2. The molecule has 0 aliphatic carbocycles. The van der Waals surface area contributed by atoms with Crippen LogP contribution in [0.25, 0.3) is 0 Å². The summed E-state index contributed by atoms with van der Waals surface area (Å²) in [4.78, 5) is 0. The maximum absolute atomic E-state index is 13.2. The van der Waals surface area contributed by atoms with Gasteiger partial charge in [0.25, 0.3) is 0 Å². The van der Waals surface area contributed by atoms with E-state index in [1.54, 1.807) is 6.07 Å². The van der Waals surface area contributed by atoms with Crippen molar-refractivity contribution in [3.05, 3.63) is 69.7 Å². The highest BCUT2D eigenvalue weighted by atomic mass is 79.9. The summed E-state index contributed by atoms with van der Waals surface area (Å²) in [6, 6.07) is 12.5. The van der Waals surface area contributed by atoms with Crippen molar-refractivity contribution < 1.29 is 13.2 Å². The van der Waals surface area contributed by atoms with E-state index in [2.05, 4.69) is 15.9 Å². The van der Waals surface area contributed by atoms with E-state index in [-0.39, 0.29) is 12.1 Å². The molecule has 2 aromatic rings. The van der Waals surface area contributed by atoms with E-state index in [9.17, 15) is 13.2 Å². The summed E-state index contributed by atoms with van der Waals surface area (Å²) in [5, 5.41) is 0. The minimum atomic E-state index is -4.42. The van der Waals surface area contributed by atoms with Gasteiger partial charge in [-0.3, -0.25) is 0 Å². The molecule has 0 heterocycles. The van der Waals surface area contributed by atoms with Crippen LogP contribution in [0, 0.1) is 0 Å². The number of rotatable bonds is 5. The van der Waals surface area contributed by atoms with Crippen molar-refractivity contribution in [2.75, 3.05) is 6.54 Å². The molecular formula is C17H18BrF3N2. The molecule has 23 heavy (non-hydrogen) atoms. The highest BCUT2D eigenvalue weighted by Crippen LogP contribution is 2.36. The van der Waals surface area contributed by atoms with Crippen molar-refractivity contribution in [1.82, 2.24) is 0 Å². The lowest BCUT2D eigenvalue weighted by Gasteiger charge is -2.26. The second-order valence-corrected chi connectivity index (χ2v) is 6.24. The number of benzene rings is 2. The molecule has 0 spiro atoms. The predicted octanol–water partition coefficient (Wildman–Crippen LogP) is 4.08. The first kappa shape index (κ1) is 18.0. The van der Waals surface area contributed by atoms with Gasteiger partial charge in [-0.1, -0.05) is 52.3 Å². The van der Waals surface area contributed by atoms with Gasteiger partial charge in [-0.25, -0.2) is 0 Å². The van der Waals surface area contributed by atoms with Gasteiger partial charge < -0.3 is 11.5 Å². The Kier molecular flexibility index (Phi) is 5.84. The lowest BCUT2D eigenvalue weighted by Crippen LogP contribution is -2.36. The average Bonchev–Trinajstić information content (AvgIpc) is 2.50. The van der Waals surface area contributed by atoms with Gasteiger partial charge in [0, 0.05) is 23.0 Å². The molecule has 2 atom stereocenters. The van der Waals surface area contributed by atoms with Gasteiger partial charge in [0.1, 0.15) is 0 Å². The largest absolute Gasteiger partial charge is 0.416 e. The molecule has 2 unspecified atom stereocenters. The lowest BCUT2D eigenvalue weighted by atomic mass is 9.85. The first-order chi connectivity index (χ1) is 10.8. The molecule has 0 aliphatic heterocycles. The Bertz CT molecular complexity index is 658. The molecule has 0 saturated carbocycles. The summed E-state index contributed by atoms with van der Waals surface area (Å²) in [6.45, 7) is 0.0543. The van der Waals surface area contributed by atoms with Crippen molar-refractivity contribution in [3.63, 3.8) is 0 Å². The molecule has 0 fully saturated rings. The summed E-state index contributed by atoms with van der Waals surface area (Å²) >= 11 is 3.43. The van der Waals surface area contributed by atoms with Crippen LogP contribution in [-0.4, -0.2) is 12.6 Å². The SMILES string of the molecule is NCC(c1ccccc1C(F)(F)F)C(N)Cc1ccccc1Br. The molecule has 2 nitrogen and oxygen atoms in total. The molecule has 0 bridgehead atoms. The Morgan fingerprint density at radius 1 is 1.00 bits per heavy atom. The Labute approximate surface area is 141 Å². The quantitative estimate of drug-likeness (QED) is 0.813. The van der Waals surface area contributed by atoms with Gasteiger partial charge in [-0.05, 0) is 29.7 Å². The highest BCUT2D eigenvalue weighted by molar-refractivity contribution is 9.10. The fourth-order valence-electron chi connectivity index (χ4n) is 2.67. The number of hydrogen-bond acceptors (Lipinski definition) is 2. The van der Waals surface area contributed by atoms with Crippen LogP contribution < -0.4 is 11.5 Å². The minimum absolute atomic E-state index is 0.0543. The van der Waals surface area contributed by atoms with Gasteiger partial charge in [0.15, 0.2) is 0 Å². The van der Waals surface area contributed by atoms with Gasteiger partial charge in [0.05, 0.1) is 5.56 Å². The lowest BCUT2D eigenvalue weighted by molar-refractivity contribution is -0.138. The Balaban J connectivity index is 2.32. The molecule has 0 aliphatic rings. The van der Waals surface area contributed by atoms with Gasteiger partial charge >= 0.3 is 6.18 Å². The maximum atomic E-state index is 13.2. The van der Waals surface area contributed by atoms with E-state index in [1.807, 2.05) is 24.3 Å². The number of halogens is 4. The third-order valence-corrected chi connectivity index (χ3v) is 4.62. The van der Waals surface area contributed by atoms with E-state index in [4.69, 9.17) is 11.5 Å². The van der Waals surface area contributed by atoms with Crippen molar-refractivity contribution in [2.24, 2.45) is 11.5 Å². The highest BCUT2D eigenvalue weighted by Gasteiger charge is 2.35. The first-order valence-electron chi connectivity index (χ1n) is 7.19. The Morgan fingerprint density at radius 2 is 1.61 bits per heavy atom. The molecule has 2 aromatic carbocycles. The topological polar surface area (TPSA) is 52.0 Å². The Hall–Kier alpha value is -1.37. The fraction of sp³-hybridized carbons (Fsp3) is 0.294. The fourth-order valence-corrected chi connectivity index (χ4v) is 3.12. The zero-order chi connectivity index (χ0) is 17.0. The molecular weight excluding hydrogens is 369 g/mol. The van der Waals surface area contributed by atoms with E-state index in [0.717, 1.165) is 16.1 Å². The molecule has 0 amide bonds. The van der Waals surface area contributed by atoms with Crippen LogP contribution in [0.4, 0.5) is 13.2 Å². The second-order valence-electron chi connectivity index (χ2n) is 5.39. The third-order valence-electron chi connectivity index (χ3n) is 3.85. The molecule has 6 heteroatoms. The van der Waals surface area contributed by atoms with Gasteiger partial charge in [0.2, 0.25) is 0 Å². The summed E-state index contributed by atoms with van der Waals surface area (Å²) in [6.07, 6.45) is -3.98. The van der Waals surface area contributed by atoms with Gasteiger partial charge in [-0.2, -0.15) is 13.2 Å². The zero-order valence-electron chi connectivity index (χ0n) is 12.4. The standard InChI is InChI=1S/C17H18BrF3N2/c18-15-8-4-1-5-11(15)9-16(23)13(10-22)12-6-2-3-7-14(12)17(19,20)21/h1-8,13,16H,9-10,22-23H2. The van der Waals surface area contributed by atoms with Crippen molar-refractivity contribution >= 4 is 15.9 Å². The van der Waals surface area contributed by atoms with E-state index >= 15 is 0 Å². The first-order valence-corrected chi connectivity index (χ1v) is 7.99. The predicted molar refractivity (Wildman–Crippen MR) is 89.1 cm³/mol. The summed E-state index contributed by atoms with van der Waals surface area (Å²) in [5.41, 5.74) is 12.4. The van der Waals surface area contributed by atoms with E-state index < -0.39 is 23.7 Å². The normalized spacial score (nSPS) is 14.5. The van der Waals surface area contributed by atoms with Crippen LogP contribution in [0.3, 0.4) is 0 Å². The summed E-state index contributed by atoms with van der Waals surface area (Å²) in [7, 11) is 0. The monoisotopic (exact) mass is 386 g/mol. The van der Waals surface area contributed by atoms with Crippen molar-refractivity contribution in [2.45, 2.75) is 24.6 Å². The van der Waals surface area contributed by atoms with E-state index in [1.165, 1.54) is 12.1 Å². The number of hydrogen-bond donors (Lipinski definition) is 2. The van der Waals surface area contributed by atoms with Crippen LogP contribution in [-0.2, 0) is 12.6 Å². The van der Waals surface area contributed by atoms with Crippen molar-refractivity contribution in [3.8, 4) is 0 Å². The summed E-state index contributed by atoms with van der Waals surface area (Å²) < 4.78 is 40.5. The van der Waals surface area contributed by atoms with Crippen LogP contribution in [0.15, 0.2) is 53.0 Å². The molecule has 0 aromatic heterocycles. The zero-order valence-corrected chi connectivity index (χ0v) is 13.9. The van der Waals surface area contributed by atoms with Crippen LogP contribution in [0.2, 0.25) is 0 Å². The minimum Gasteiger partial charge on any atom is -0.330 e. The maximum Gasteiger partial charge on any atom is 0.416 e. The second kappa shape index (κ2) is 7.47. The van der Waals surface area contributed by atoms with Crippen LogP contribution in [0.1, 0.15) is 22.6 Å². The summed E-state index contributed by atoms with van der Waals surface area (Å²) in [5.74, 6) is -0.570. The molecule has 0 saturated heterocycles. The van der Waals surface area contributed by atoms with Gasteiger partial charge in [-0.15, -0.1) is 0 Å². The van der Waals surface area contributed by atoms with Crippen LogP contribution in [0.5, 0.6) is 0 Å². The average molecular weight is 387 g/mol. The van der Waals surface area contributed by atoms with E-state index in [0.29, 0.717) is 6.42 Å². The van der Waals surface area contributed by atoms with Crippen molar-refractivity contribution in [1.29, 1.82) is 0 Å².